The molecule has 0 bridgehead atoms. The minimum Gasteiger partial charge on any atom is -0.436 e. The largest absolute Gasteiger partial charge is 0.436 e. The van der Waals surface area contributed by atoms with Gasteiger partial charge in [-0.25, -0.2) is 4.39 Å². The number of hydrogen-bond donors (Lipinski definition) is 0. The van der Waals surface area contributed by atoms with Gasteiger partial charge in [0.05, 0.1) is 10.7 Å². The van der Waals surface area contributed by atoms with E-state index in [2.05, 4.69) is 16.3 Å². The lowest BCUT2D eigenvalue weighted by Crippen LogP contribution is -2.05. The quantitative estimate of drug-likeness (QED) is 0.854. The molecule has 0 unspecified atom stereocenters. The molecule has 2 aromatic rings. The fraction of sp³-hybridized carbons (Fsp3) is 0.267. The van der Waals surface area contributed by atoms with Gasteiger partial charge in [-0.1, -0.05) is 25.4 Å². The molecule has 1 aromatic heterocycles. The number of benzene rings is 1. The maximum Gasteiger partial charge on any atom is 0.257 e. The second kappa shape index (κ2) is 6.51. The third-order valence-corrected chi connectivity index (χ3v) is 3.32. The molecule has 0 fully saturated rings. The second-order valence-corrected chi connectivity index (χ2v) is 4.71. The molecule has 1 aromatic carbocycles. The van der Waals surface area contributed by atoms with Crippen molar-refractivity contribution in [3.05, 3.63) is 45.9 Å². The summed E-state index contributed by atoms with van der Waals surface area (Å²) in [6.07, 6.45) is 1.34. The maximum atomic E-state index is 13.1. The molecule has 1 heterocycles. The molecule has 21 heavy (non-hydrogen) atoms. The van der Waals surface area contributed by atoms with Crippen LogP contribution in [-0.2, 0) is 12.8 Å². The Morgan fingerprint density at radius 1 is 1.29 bits per heavy atom. The van der Waals surface area contributed by atoms with Gasteiger partial charge in [0.2, 0.25) is 0 Å². The third-order valence-electron chi connectivity index (χ3n) is 3.03. The Hall–Kier alpha value is -2.19. The summed E-state index contributed by atoms with van der Waals surface area (Å²) < 4.78 is 18.7. The number of nitriles is 1. The van der Waals surface area contributed by atoms with Gasteiger partial charge in [0.25, 0.3) is 5.88 Å². The first kappa shape index (κ1) is 15.2. The lowest BCUT2D eigenvalue weighted by Gasteiger charge is -2.11. The molecule has 0 saturated carbocycles. The van der Waals surface area contributed by atoms with Crippen molar-refractivity contribution in [1.82, 2.24) is 10.2 Å². The van der Waals surface area contributed by atoms with Gasteiger partial charge in [-0.3, -0.25) is 0 Å². The topological polar surface area (TPSA) is 58.8 Å². The van der Waals surface area contributed by atoms with Crippen molar-refractivity contribution in [1.29, 1.82) is 5.26 Å². The zero-order chi connectivity index (χ0) is 15.4. The third kappa shape index (κ3) is 3.11. The average Bonchev–Trinajstić information content (AvgIpc) is 2.50. The van der Waals surface area contributed by atoms with E-state index in [1.54, 1.807) is 0 Å². The van der Waals surface area contributed by atoms with E-state index in [-0.39, 0.29) is 10.9 Å². The lowest BCUT2D eigenvalue weighted by atomic mass is 10.0. The Kier molecular flexibility index (Phi) is 4.71. The molecule has 6 heteroatoms. The van der Waals surface area contributed by atoms with Crippen molar-refractivity contribution in [3.63, 3.8) is 0 Å². The van der Waals surface area contributed by atoms with Crippen molar-refractivity contribution < 1.29 is 9.13 Å². The number of nitrogens with zero attached hydrogens (tertiary/aromatic N) is 3. The molecule has 2 rings (SSSR count). The molecule has 0 saturated heterocycles. The molecule has 0 radical (unpaired) electrons. The Labute approximate surface area is 127 Å². The normalized spacial score (nSPS) is 10.2. The SMILES string of the molecule is CCc1nnc(Oc2ccc(F)c(Cl)c2)c(C#N)c1CC. The zero-order valence-corrected chi connectivity index (χ0v) is 12.4. The van der Waals surface area contributed by atoms with Crippen LogP contribution in [0.25, 0.3) is 0 Å². The van der Waals surface area contributed by atoms with Gasteiger partial charge in [0.1, 0.15) is 23.2 Å². The summed E-state index contributed by atoms with van der Waals surface area (Å²) in [6.45, 7) is 3.89. The zero-order valence-electron chi connectivity index (χ0n) is 11.7. The van der Waals surface area contributed by atoms with Crippen LogP contribution in [0.15, 0.2) is 18.2 Å². The highest BCUT2D eigenvalue weighted by Gasteiger charge is 2.16. The van der Waals surface area contributed by atoms with E-state index in [4.69, 9.17) is 16.3 Å². The molecule has 108 valence electrons. The van der Waals surface area contributed by atoms with Crippen molar-refractivity contribution in [3.8, 4) is 17.7 Å². The van der Waals surface area contributed by atoms with Gasteiger partial charge < -0.3 is 4.74 Å². The van der Waals surface area contributed by atoms with Crippen LogP contribution in [0.4, 0.5) is 4.39 Å². The molecule has 0 aliphatic heterocycles. The van der Waals surface area contributed by atoms with Crippen LogP contribution in [0.1, 0.15) is 30.7 Å². The molecular formula is C15H13ClFN3O. The summed E-state index contributed by atoms with van der Waals surface area (Å²) >= 11 is 5.70. The standard InChI is InChI=1S/C15H13ClFN3O/c1-3-10-11(8-18)15(20-19-14(10)4-2)21-9-5-6-13(17)12(16)7-9/h5-7H,3-4H2,1-2H3. The van der Waals surface area contributed by atoms with Gasteiger partial charge in [0.15, 0.2) is 0 Å². The smallest absolute Gasteiger partial charge is 0.257 e. The van der Waals surface area contributed by atoms with Crippen LogP contribution in [0.3, 0.4) is 0 Å². The first-order chi connectivity index (χ1) is 10.1. The van der Waals surface area contributed by atoms with Crippen LogP contribution in [0.5, 0.6) is 11.6 Å². The van der Waals surface area contributed by atoms with E-state index in [0.717, 1.165) is 11.3 Å². The van der Waals surface area contributed by atoms with E-state index in [9.17, 15) is 9.65 Å². The van der Waals surface area contributed by atoms with E-state index >= 15 is 0 Å². The Morgan fingerprint density at radius 2 is 2.05 bits per heavy atom. The van der Waals surface area contributed by atoms with Gasteiger partial charge in [-0.2, -0.15) is 10.4 Å². The van der Waals surface area contributed by atoms with E-state index in [1.807, 2.05) is 13.8 Å². The van der Waals surface area contributed by atoms with Gasteiger partial charge in [-0.15, -0.1) is 5.10 Å². The number of hydrogen-bond acceptors (Lipinski definition) is 4. The van der Waals surface area contributed by atoms with E-state index in [1.165, 1.54) is 18.2 Å². The first-order valence-electron chi connectivity index (χ1n) is 6.52. The van der Waals surface area contributed by atoms with E-state index < -0.39 is 5.82 Å². The predicted octanol–water partition coefficient (Wildman–Crippen LogP) is 4.06. The highest BCUT2D eigenvalue weighted by molar-refractivity contribution is 6.30. The molecule has 0 atom stereocenters. The summed E-state index contributed by atoms with van der Waals surface area (Å²) in [5.74, 6) is -0.126. The minimum atomic E-state index is -0.536. The molecule has 0 N–H and O–H groups in total. The van der Waals surface area contributed by atoms with Gasteiger partial charge in [-0.05, 0) is 30.5 Å². The second-order valence-electron chi connectivity index (χ2n) is 4.30. The Balaban J connectivity index is 2.44. The minimum absolute atomic E-state index is 0.0557. The summed E-state index contributed by atoms with van der Waals surface area (Å²) in [7, 11) is 0. The summed E-state index contributed by atoms with van der Waals surface area (Å²) in [5, 5.41) is 17.3. The average molecular weight is 306 g/mol. The van der Waals surface area contributed by atoms with E-state index in [0.29, 0.717) is 24.2 Å². The van der Waals surface area contributed by atoms with Crippen LogP contribution in [0.2, 0.25) is 5.02 Å². The van der Waals surface area contributed by atoms with Crippen molar-refractivity contribution in [2.75, 3.05) is 0 Å². The van der Waals surface area contributed by atoms with Crippen LogP contribution in [-0.4, -0.2) is 10.2 Å². The molecule has 4 nitrogen and oxygen atoms in total. The molecule has 0 aliphatic carbocycles. The van der Waals surface area contributed by atoms with Crippen molar-refractivity contribution in [2.24, 2.45) is 0 Å². The van der Waals surface area contributed by atoms with Gasteiger partial charge >= 0.3 is 0 Å². The number of rotatable bonds is 4. The Morgan fingerprint density at radius 3 is 2.62 bits per heavy atom. The fourth-order valence-corrected chi connectivity index (χ4v) is 2.16. The van der Waals surface area contributed by atoms with Crippen LogP contribution >= 0.6 is 11.6 Å². The van der Waals surface area contributed by atoms with Gasteiger partial charge in [0, 0.05) is 6.07 Å². The van der Waals surface area contributed by atoms with Crippen molar-refractivity contribution in [2.45, 2.75) is 26.7 Å². The van der Waals surface area contributed by atoms with Crippen LogP contribution in [0, 0.1) is 17.1 Å². The molecule has 0 amide bonds. The fourth-order valence-electron chi connectivity index (χ4n) is 1.99. The number of aromatic nitrogens is 2. The Bertz CT molecular complexity index is 713. The number of halogens is 2. The monoisotopic (exact) mass is 305 g/mol. The highest BCUT2D eigenvalue weighted by Crippen LogP contribution is 2.28. The summed E-state index contributed by atoms with van der Waals surface area (Å²) in [6, 6.07) is 6.05. The lowest BCUT2D eigenvalue weighted by molar-refractivity contribution is 0.449. The maximum absolute atomic E-state index is 13.1. The summed E-state index contributed by atoms with van der Waals surface area (Å²) in [4.78, 5) is 0. The van der Waals surface area contributed by atoms with Crippen LogP contribution < -0.4 is 4.74 Å². The molecular weight excluding hydrogens is 293 g/mol. The summed E-state index contributed by atoms with van der Waals surface area (Å²) in [5.41, 5.74) is 1.95. The first-order valence-corrected chi connectivity index (χ1v) is 6.89. The molecule has 0 spiro atoms. The molecule has 0 aliphatic rings. The van der Waals surface area contributed by atoms with Crippen molar-refractivity contribution >= 4 is 11.6 Å². The highest BCUT2D eigenvalue weighted by atomic mass is 35.5. The predicted molar refractivity (Wildman–Crippen MR) is 77.0 cm³/mol. The number of aryl methyl sites for hydroxylation is 1. The number of ether oxygens (including phenoxy) is 1.